The number of sulfone groups is 1. The van der Waals surface area contributed by atoms with Gasteiger partial charge in [-0.05, 0) is 37.7 Å². The Labute approximate surface area is 159 Å². The molecule has 0 spiro atoms. The zero-order valence-corrected chi connectivity index (χ0v) is 16.9. The van der Waals surface area contributed by atoms with Gasteiger partial charge in [0.2, 0.25) is 4.77 Å². The summed E-state index contributed by atoms with van der Waals surface area (Å²) in [5, 5.41) is 4.77. The average molecular weight is 397 g/mol. The largest absolute Gasteiger partial charge is 0.313 e. The first kappa shape index (κ1) is 19.2. The highest BCUT2D eigenvalue weighted by atomic mass is 32.2. The third-order valence-electron chi connectivity index (χ3n) is 4.93. The lowest BCUT2D eigenvalue weighted by Crippen LogP contribution is -3.15. The fraction of sp³-hybridized carbons (Fsp3) is 0.588. The van der Waals surface area contributed by atoms with E-state index >= 15 is 0 Å². The standard InChI is InChI=1S/C17H25N5O2S2/c1-3-10-21-16(14-5-8-18-9-6-14)19-22(17(21)25)13-20(4-2)15-7-11-26(23,24)12-15/h5-6,8-9,15H,3-4,7,10-13H2,1-2H3/p+1/t15-/m0/s1. The summed E-state index contributed by atoms with van der Waals surface area (Å²) in [6, 6.07) is 3.98. The summed E-state index contributed by atoms with van der Waals surface area (Å²) in [7, 11) is -2.90. The molecule has 2 aromatic rings. The molecule has 1 saturated heterocycles. The third kappa shape index (κ3) is 4.05. The SMILES string of the molecule is CCCn1c(-c2ccncc2)nn(C[NH+](CC)[C@H]2CCS(=O)(=O)C2)c1=S. The fourth-order valence-corrected chi connectivity index (χ4v) is 5.63. The molecule has 0 saturated carbocycles. The van der Waals surface area contributed by atoms with Gasteiger partial charge in [-0.3, -0.25) is 9.55 Å². The van der Waals surface area contributed by atoms with Crippen LogP contribution in [0.25, 0.3) is 11.4 Å². The summed E-state index contributed by atoms with van der Waals surface area (Å²) >= 11 is 5.68. The monoisotopic (exact) mass is 396 g/mol. The van der Waals surface area contributed by atoms with E-state index in [9.17, 15) is 8.42 Å². The van der Waals surface area contributed by atoms with Gasteiger partial charge in [0.15, 0.2) is 22.3 Å². The van der Waals surface area contributed by atoms with Crippen LogP contribution in [-0.4, -0.2) is 51.8 Å². The lowest BCUT2D eigenvalue weighted by atomic mass is 10.2. The van der Waals surface area contributed by atoms with Crippen LogP contribution in [0, 0.1) is 4.77 Å². The van der Waals surface area contributed by atoms with Gasteiger partial charge < -0.3 is 4.90 Å². The number of pyridine rings is 1. The summed E-state index contributed by atoms with van der Waals surface area (Å²) in [4.78, 5) is 5.29. The van der Waals surface area contributed by atoms with Crippen LogP contribution in [0.1, 0.15) is 26.7 Å². The van der Waals surface area contributed by atoms with Crippen LogP contribution in [-0.2, 0) is 23.1 Å². The predicted octanol–water partition coefficient (Wildman–Crippen LogP) is 0.935. The number of hydrogen-bond donors (Lipinski definition) is 1. The molecule has 1 N–H and O–H groups in total. The molecule has 3 heterocycles. The molecule has 1 aliphatic rings. The maximum Gasteiger partial charge on any atom is 0.203 e. The number of nitrogens with zero attached hydrogens (tertiary/aromatic N) is 4. The summed E-state index contributed by atoms with van der Waals surface area (Å²) in [6.45, 7) is 6.42. The Kier molecular flexibility index (Phi) is 5.89. The van der Waals surface area contributed by atoms with E-state index in [1.54, 1.807) is 12.4 Å². The van der Waals surface area contributed by atoms with Crippen LogP contribution in [0.3, 0.4) is 0 Å². The second-order valence-corrected chi connectivity index (χ2v) is 9.36. The van der Waals surface area contributed by atoms with Gasteiger partial charge in [-0.2, -0.15) is 4.68 Å². The summed E-state index contributed by atoms with van der Waals surface area (Å²) < 4.78 is 28.3. The minimum atomic E-state index is -2.90. The highest BCUT2D eigenvalue weighted by Crippen LogP contribution is 2.17. The lowest BCUT2D eigenvalue weighted by Gasteiger charge is -2.23. The van der Waals surface area contributed by atoms with E-state index in [1.165, 1.54) is 4.90 Å². The van der Waals surface area contributed by atoms with Crippen molar-refractivity contribution in [1.29, 1.82) is 0 Å². The second-order valence-electron chi connectivity index (χ2n) is 6.76. The maximum atomic E-state index is 11.8. The molecule has 9 heteroatoms. The molecule has 0 radical (unpaired) electrons. The summed E-state index contributed by atoms with van der Waals surface area (Å²) in [5.41, 5.74) is 0.986. The van der Waals surface area contributed by atoms with E-state index < -0.39 is 9.84 Å². The molecule has 2 aromatic heterocycles. The Morgan fingerprint density at radius 3 is 2.62 bits per heavy atom. The van der Waals surface area contributed by atoms with Crippen molar-refractivity contribution in [3.8, 4) is 11.4 Å². The first-order chi connectivity index (χ1) is 12.4. The Morgan fingerprint density at radius 2 is 2.04 bits per heavy atom. The molecule has 1 aliphatic heterocycles. The predicted molar refractivity (Wildman–Crippen MR) is 103 cm³/mol. The van der Waals surface area contributed by atoms with Gasteiger partial charge in [0.25, 0.3) is 0 Å². The molecule has 142 valence electrons. The molecular formula is C17H26N5O2S2+. The van der Waals surface area contributed by atoms with Gasteiger partial charge in [-0.1, -0.05) is 6.92 Å². The van der Waals surface area contributed by atoms with Gasteiger partial charge in [-0.15, -0.1) is 5.10 Å². The Balaban J connectivity index is 1.91. The number of rotatable bonds is 7. The van der Waals surface area contributed by atoms with Crippen molar-refractivity contribution in [2.24, 2.45) is 0 Å². The molecule has 26 heavy (non-hydrogen) atoms. The Hall–Kier alpha value is -1.58. The highest BCUT2D eigenvalue weighted by Gasteiger charge is 2.35. The molecule has 0 aliphatic carbocycles. The van der Waals surface area contributed by atoms with Crippen molar-refractivity contribution in [2.45, 2.75) is 45.9 Å². The number of hydrogen-bond acceptors (Lipinski definition) is 5. The summed E-state index contributed by atoms with van der Waals surface area (Å²) in [5.74, 6) is 1.39. The van der Waals surface area contributed by atoms with Gasteiger partial charge in [0.1, 0.15) is 11.8 Å². The van der Waals surface area contributed by atoms with Crippen molar-refractivity contribution >= 4 is 22.1 Å². The molecule has 1 fully saturated rings. The minimum Gasteiger partial charge on any atom is -0.313 e. The number of aromatic nitrogens is 4. The molecule has 3 rings (SSSR count). The molecule has 2 atom stereocenters. The summed E-state index contributed by atoms with van der Waals surface area (Å²) in [6.07, 6.45) is 5.18. The Bertz CT molecular complexity index is 905. The van der Waals surface area contributed by atoms with E-state index in [4.69, 9.17) is 17.3 Å². The van der Waals surface area contributed by atoms with Gasteiger partial charge in [0.05, 0.1) is 12.3 Å². The highest BCUT2D eigenvalue weighted by molar-refractivity contribution is 7.91. The van der Waals surface area contributed by atoms with E-state index in [0.717, 1.165) is 30.9 Å². The minimum absolute atomic E-state index is 0.118. The zero-order valence-electron chi connectivity index (χ0n) is 15.3. The second kappa shape index (κ2) is 7.98. The van der Waals surface area contributed by atoms with E-state index in [2.05, 4.69) is 23.4 Å². The van der Waals surface area contributed by atoms with Gasteiger partial charge in [-0.25, -0.2) is 8.42 Å². The van der Waals surface area contributed by atoms with Crippen molar-refractivity contribution in [1.82, 2.24) is 19.3 Å². The lowest BCUT2D eigenvalue weighted by molar-refractivity contribution is -0.943. The van der Waals surface area contributed by atoms with E-state index in [1.807, 2.05) is 16.8 Å². The van der Waals surface area contributed by atoms with E-state index in [-0.39, 0.29) is 11.8 Å². The zero-order chi connectivity index (χ0) is 18.7. The topological polar surface area (TPSA) is 74.2 Å². The molecular weight excluding hydrogens is 370 g/mol. The van der Waals surface area contributed by atoms with Crippen LogP contribution in [0.2, 0.25) is 0 Å². The van der Waals surface area contributed by atoms with E-state index in [0.29, 0.717) is 23.6 Å². The third-order valence-corrected chi connectivity index (χ3v) is 7.12. The molecule has 0 bridgehead atoms. The van der Waals surface area contributed by atoms with Crippen molar-refractivity contribution in [3.05, 3.63) is 29.3 Å². The quantitative estimate of drug-likeness (QED) is 0.705. The van der Waals surface area contributed by atoms with Gasteiger partial charge >= 0.3 is 0 Å². The van der Waals surface area contributed by atoms with Gasteiger partial charge in [0, 0.05) is 30.9 Å². The van der Waals surface area contributed by atoms with Crippen molar-refractivity contribution in [3.63, 3.8) is 0 Å². The number of quaternary nitrogens is 1. The number of nitrogens with one attached hydrogen (secondary N) is 1. The normalized spacial score (nSPS) is 20.3. The first-order valence-electron chi connectivity index (χ1n) is 9.08. The molecule has 1 unspecified atom stereocenters. The molecule has 7 nitrogen and oxygen atoms in total. The van der Waals surface area contributed by atoms with Crippen molar-refractivity contribution < 1.29 is 13.3 Å². The Morgan fingerprint density at radius 1 is 1.31 bits per heavy atom. The smallest absolute Gasteiger partial charge is 0.203 e. The fourth-order valence-electron chi connectivity index (χ4n) is 3.52. The van der Waals surface area contributed by atoms with Crippen LogP contribution in [0.15, 0.2) is 24.5 Å². The average Bonchev–Trinajstić information content (AvgIpc) is 3.14. The first-order valence-corrected chi connectivity index (χ1v) is 11.3. The maximum absolute atomic E-state index is 11.8. The van der Waals surface area contributed by atoms with Crippen LogP contribution in [0.5, 0.6) is 0 Å². The molecule has 0 aromatic carbocycles. The van der Waals surface area contributed by atoms with Crippen LogP contribution < -0.4 is 4.90 Å². The van der Waals surface area contributed by atoms with Crippen LogP contribution >= 0.6 is 12.2 Å². The molecule has 0 amide bonds. The van der Waals surface area contributed by atoms with Crippen molar-refractivity contribution in [2.75, 3.05) is 18.1 Å². The van der Waals surface area contributed by atoms with Crippen LogP contribution in [0.4, 0.5) is 0 Å².